The van der Waals surface area contributed by atoms with E-state index in [-0.39, 0.29) is 16.1 Å². The average molecular weight is 488 g/mol. The molecule has 142 valence electrons. The fourth-order valence-electron chi connectivity index (χ4n) is 3.13. The van der Waals surface area contributed by atoms with Crippen molar-refractivity contribution in [2.45, 2.75) is 25.4 Å². The van der Waals surface area contributed by atoms with E-state index in [1.165, 1.54) is 0 Å². The molecule has 2 N–H and O–H groups in total. The van der Waals surface area contributed by atoms with Crippen LogP contribution in [0, 0.1) is 0 Å². The molecule has 1 amide bonds. The zero-order valence-corrected chi connectivity index (χ0v) is 18.6. The summed E-state index contributed by atoms with van der Waals surface area (Å²) in [5.41, 5.74) is 2.88. The molecule has 0 spiro atoms. The normalized spacial score (nSPS) is 14.4. The maximum atomic E-state index is 12.9. The molecule has 0 aromatic heterocycles. The van der Waals surface area contributed by atoms with E-state index in [2.05, 4.69) is 35.8 Å². The Morgan fingerprint density at radius 3 is 2.78 bits per heavy atom. The molecule has 0 aliphatic carbocycles. The van der Waals surface area contributed by atoms with Crippen LogP contribution < -0.4 is 10.6 Å². The van der Waals surface area contributed by atoms with Crippen LogP contribution in [0.1, 0.15) is 27.0 Å². The molecule has 0 saturated carbocycles. The number of benzene rings is 2. The smallest absolute Gasteiger partial charge is 0.254 e. The van der Waals surface area contributed by atoms with Gasteiger partial charge in [-0.05, 0) is 47.9 Å². The second kappa shape index (κ2) is 9.02. The van der Waals surface area contributed by atoms with Crippen LogP contribution >= 0.6 is 48.4 Å². The van der Waals surface area contributed by atoms with Crippen LogP contribution in [0.5, 0.6) is 0 Å². The number of hydrogen-bond acceptors (Lipinski definition) is 3. The van der Waals surface area contributed by atoms with Gasteiger partial charge in [-0.25, -0.2) is 0 Å². The minimum absolute atomic E-state index is 0.210. The Labute approximate surface area is 178 Å². The predicted octanol–water partition coefficient (Wildman–Crippen LogP) is 4.14. The van der Waals surface area contributed by atoms with E-state index in [1.54, 1.807) is 6.07 Å². The van der Waals surface area contributed by atoms with Crippen molar-refractivity contribution in [2.75, 3.05) is 6.54 Å². The molecule has 2 aromatic carbocycles. The van der Waals surface area contributed by atoms with Gasteiger partial charge in [-0.15, -0.1) is 0 Å². The number of nitrogens with one attached hydrogen (secondary N) is 2. The summed E-state index contributed by atoms with van der Waals surface area (Å²) in [6.45, 7) is 1.47. The van der Waals surface area contributed by atoms with Gasteiger partial charge in [-0.1, -0.05) is 60.5 Å². The van der Waals surface area contributed by atoms with Crippen molar-refractivity contribution in [3.63, 3.8) is 0 Å². The Morgan fingerprint density at radius 2 is 2.07 bits per heavy atom. The highest BCUT2D eigenvalue weighted by atomic mass is 79.9. The molecule has 0 bridgehead atoms. The number of halogens is 3. The van der Waals surface area contributed by atoms with Crippen molar-refractivity contribution in [1.82, 2.24) is 10.6 Å². The van der Waals surface area contributed by atoms with E-state index < -0.39 is 11.9 Å². The molecule has 1 unspecified atom stereocenters. The number of amides is 1. The van der Waals surface area contributed by atoms with Crippen LogP contribution in [0.15, 0.2) is 34.8 Å². The van der Waals surface area contributed by atoms with Crippen LogP contribution in [0.4, 0.5) is 0 Å². The summed E-state index contributed by atoms with van der Waals surface area (Å²) in [5, 5.41) is 6.69. The third-order valence-corrected chi connectivity index (χ3v) is 6.09. The van der Waals surface area contributed by atoms with Gasteiger partial charge in [0.15, 0.2) is 5.52 Å². The highest BCUT2D eigenvalue weighted by Crippen LogP contribution is 2.33. The van der Waals surface area contributed by atoms with Gasteiger partial charge in [-0.2, -0.15) is 0 Å². The zero-order chi connectivity index (χ0) is 19.6. The summed E-state index contributed by atoms with van der Waals surface area (Å²) < 4.78 is 0.913. The van der Waals surface area contributed by atoms with Gasteiger partial charge in [0.1, 0.15) is 0 Å². The van der Waals surface area contributed by atoms with E-state index >= 15 is 0 Å². The Morgan fingerprint density at radius 1 is 1.30 bits per heavy atom. The predicted molar refractivity (Wildman–Crippen MR) is 116 cm³/mol. The standard InChI is InChI=1S/C19H18BrCl2N2O2P/c20-12-3-1-2-10(6-12)7-15(19(26)27)24-18(25)16-14(21)8-11-9-23-5-4-13(11)17(16)22/h1-3,6,8,15,23H,4-5,7,9,27H2,(H,24,25)/t15-/m0/s1. The second-order valence-corrected chi connectivity index (χ2v) is 8.64. The molecule has 0 fully saturated rings. The molecule has 3 rings (SSSR count). The molecule has 1 aliphatic heterocycles. The molecule has 0 saturated heterocycles. The Kier molecular flexibility index (Phi) is 6.93. The first kappa shape index (κ1) is 20.8. The SMILES string of the molecule is O=C(N[C@@H](Cc1cccc(Br)c1)C(=O)P)c1c(Cl)cc2c(c1Cl)CCNC2. The minimum Gasteiger partial charge on any atom is -0.341 e. The highest BCUT2D eigenvalue weighted by Gasteiger charge is 2.25. The van der Waals surface area contributed by atoms with Crippen LogP contribution in [0.3, 0.4) is 0 Å². The van der Waals surface area contributed by atoms with Gasteiger partial charge < -0.3 is 10.6 Å². The van der Waals surface area contributed by atoms with Crippen molar-refractivity contribution in [3.05, 3.63) is 67.1 Å². The number of fused-ring (bicyclic) bond motifs is 1. The molecule has 4 nitrogen and oxygen atoms in total. The Hall–Kier alpha value is -0.970. The molecule has 2 aromatic rings. The monoisotopic (exact) mass is 486 g/mol. The van der Waals surface area contributed by atoms with Gasteiger partial charge >= 0.3 is 0 Å². The van der Waals surface area contributed by atoms with E-state index in [9.17, 15) is 9.59 Å². The first-order valence-corrected chi connectivity index (χ1v) is 10.5. The summed E-state index contributed by atoms with van der Waals surface area (Å²) in [5.74, 6) is -0.442. The van der Waals surface area contributed by atoms with Gasteiger partial charge in [0.25, 0.3) is 5.91 Å². The van der Waals surface area contributed by atoms with E-state index in [4.69, 9.17) is 23.2 Å². The third kappa shape index (κ3) is 4.90. The molecular formula is C19H18BrCl2N2O2P. The summed E-state index contributed by atoms with van der Waals surface area (Å²) in [7, 11) is 2.14. The first-order valence-electron chi connectivity index (χ1n) is 8.42. The summed E-state index contributed by atoms with van der Waals surface area (Å²) in [4.78, 5) is 24.9. The van der Waals surface area contributed by atoms with Crippen LogP contribution in [-0.4, -0.2) is 24.0 Å². The van der Waals surface area contributed by atoms with E-state index in [1.807, 2.05) is 24.3 Å². The summed E-state index contributed by atoms with van der Waals surface area (Å²) in [6.07, 6.45) is 1.10. The lowest BCUT2D eigenvalue weighted by atomic mass is 9.97. The third-order valence-electron chi connectivity index (χ3n) is 4.48. The molecule has 1 heterocycles. The van der Waals surface area contributed by atoms with Crippen LogP contribution in [-0.2, 0) is 24.2 Å². The summed E-state index contributed by atoms with van der Waals surface area (Å²) in [6, 6.07) is 8.69. The minimum atomic E-state index is -0.693. The Balaban J connectivity index is 1.85. The van der Waals surface area contributed by atoms with Gasteiger partial charge in [0.05, 0.1) is 21.7 Å². The quantitative estimate of drug-likeness (QED) is 0.623. The first-order chi connectivity index (χ1) is 12.9. The highest BCUT2D eigenvalue weighted by molar-refractivity contribution is 9.10. The number of rotatable bonds is 5. The zero-order valence-electron chi connectivity index (χ0n) is 14.3. The lowest BCUT2D eigenvalue weighted by Crippen LogP contribution is -2.40. The van der Waals surface area contributed by atoms with Crippen molar-refractivity contribution >= 4 is 59.8 Å². The van der Waals surface area contributed by atoms with E-state index in [0.717, 1.165) is 34.1 Å². The van der Waals surface area contributed by atoms with Crippen molar-refractivity contribution in [3.8, 4) is 0 Å². The molecule has 1 aliphatic rings. The molecule has 27 heavy (non-hydrogen) atoms. The Bertz CT molecular complexity index is 908. The van der Waals surface area contributed by atoms with Crippen molar-refractivity contribution in [1.29, 1.82) is 0 Å². The van der Waals surface area contributed by atoms with Crippen molar-refractivity contribution < 1.29 is 9.59 Å². The fourth-order valence-corrected chi connectivity index (χ4v) is 4.55. The maximum Gasteiger partial charge on any atom is 0.254 e. The van der Waals surface area contributed by atoms with Gasteiger partial charge in [0.2, 0.25) is 0 Å². The fraction of sp³-hybridized carbons (Fsp3) is 0.263. The van der Waals surface area contributed by atoms with Gasteiger partial charge in [0, 0.05) is 17.4 Å². The van der Waals surface area contributed by atoms with Gasteiger partial charge in [-0.3, -0.25) is 9.59 Å². The maximum absolute atomic E-state index is 12.9. The number of carbonyl (C=O) groups excluding carboxylic acids is 2. The second-order valence-electron chi connectivity index (χ2n) is 6.37. The van der Waals surface area contributed by atoms with Crippen molar-refractivity contribution in [2.24, 2.45) is 0 Å². The number of carbonyl (C=O) groups is 2. The molecule has 2 atom stereocenters. The topological polar surface area (TPSA) is 58.2 Å². The molecule has 8 heteroatoms. The average Bonchev–Trinajstić information content (AvgIpc) is 2.61. The summed E-state index contributed by atoms with van der Waals surface area (Å²) >= 11 is 16.3. The van der Waals surface area contributed by atoms with E-state index in [0.29, 0.717) is 18.0 Å². The lowest BCUT2D eigenvalue weighted by Gasteiger charge is -2.22. The largest absolute Gasteiger partial charge is 0.341 e. The molecule has 0 radical (unpaired) electrons. The number of hydrogen-bond donors (Lipinski definition) is 2. The lowest BCUT2D eigenvalue weighted by molar-refractivity contribution is -0.112. The molecular weight excluding hydrogens is 470 g/mol. The van der Waals surface area contributed by atoms with Crippen LogP contribution in [0.2, 0.25) is 10.0 Å². The van der Waals surface area contributed by atoms with Crippen LogP contribution in [0.25, 0.3) is 0 Å².